The number of thiophene rings is 1. The molecular formula is C23H31NO4S. The minimum atomic E-state index is -0.938. The minimum absolute atomic E-state index is 0.194. The van der Waals surface area contributed by atoms with Crippen molar-refractivity contribution in [3.05, 3.63) is 46.2 Å². The van der Waals surface area contributed by atoms with Gasteiger partial charge in [-0.1, -0.05) is 44.0 Å². The second-order valence-electron chi connectivity index (χ2n) is 7.19. The first kappa shape index (κ1) is 23.1. The van der Waals surface area contributed by atoms with Crippen LogP contribution in [0.15, 0.2) is 35.7 Å². The van der Waals surface area contributed by atoms with Crippen molar-refractivity contribution in [2.45, 2.75) is 58.6 Å². The van der Waals surface area contributed by atoms with Crippen LogP contribution in [0.2, 0.25) is 0 Å². The quantitative estimate of drug-likeness (QED) is 0.494. The first-order valence-corrected chi connectivity index (χ1v) is 11.1. The number of aliphatic carboxylic acids is 1. The van der Waals surface area contributed by atoms with Crippen molar-refractivity contribution in [3.8, 4) is 11.1 Å². The lowest BCUT2D eigenvalue weighted by Gasteiger charge is -2.16. The number of benzene rings is 1. The van der Waals surface area contributed by atoms with Gasteiger partial charge in [-0.05, 0) is 41.5 Å². The fourth-order valence-corrected chi connectivity index (χ4v) is 4.07. The monoisotopic (exact) mass is 417 g/mol. The van der Waals surface area contributed by atoms with Crippen LogP contribution in [0, 0.1) is 0 Å². The molecule has 1 N–H and O–H groups in total. The molecule has 1 heterocycles. The molecule has 1 amide bonds. The molecule has 0 aliphatic rings. The van der Waals surface area contributed by atoms with E-state index in [1.165, 1.54) is 0 Å². The Bertz CT molecular complexity index is 784. The van der Waals surface area contributed by atoms with E-state index in [1.807, 2.05) is 31.3 Å². The molecule has 1 aromatic heterocycles. The highest BCUT2D eigenvalue weighted by molar-refractivity contribution is 7.10. The summed E-state index contributed by atoms with van der Waals surface area (Å²) in [6, 6.07) is 10.0. The van der Waals surface area contributed by atoms with Crippen LogP contribution in [0.4, 0.5) is 0 Å². The fourth-order valence-electron chi connectivity index (χ4n) is 3.12. The second-order valence-corrected chi connectivity index (χ2v) is 8.19. The van der Waals surface area contributed by atoms with E-state index < -0.39 is 12.1 Å². The van der Waals surface area contributed by atoms with Crippen molar-refractivity contribution >= 4 is 23.2 Å². The van der Waals surface area contributed by atoms with Gasteiger partial charge in [0, 0.05) is 31.4 Å². The zero-order chi connectivity index (χ0) is 21.2. The Labute approximate surface area is 177 Å². The van der Waals surface area contributed by atoms with E-state index in [0.29, 0.717) is 26.0 Å². The van der Waals surface area contributed by atoms with Gasteiger partial charge in [0.05, 0.1) is 6.54 Å². The van der Waals surface area contributed by atoms with Gasteiger partial charge in [-0.2, -0.15) is 0 Å². The van der Waals surface area contributed by atoms with E-state index in [1.54, 1.807) is 23.2 Å². The fraction of sp³-hybridized carbons (Fsp3) is 0.478. The number of unbranched alkanes of at least 4 members (excludes halogenated alkanes) is 2. The predicted octanol–water partition coefficient (Wildman–Crippen LogP) is 4.99. The van der Waals surface area contributed by atoms with Crippen molar-refractivity contribution < 1.29 is 19.4 Å². The van der Waals surface area contributed by atoms with Crippen LogP contribution < -0.4 is 0 Å². The Balaban J connectivity index is 1.96. The highest BCUT2D eigenvalue weighted by Gasteiger charge is 2.18. The molecule has 158 valence electrons. The van der Waals surface area contributed by atoms with Crippen molar-refractivity contribution in [1.29, 1.82) is 0 Å². The average molecular weight is 418 g/mol. The Hall–Kier alpha value is -2.18. The summed E-state index contributed by atoms with van der Waals surface area (Å²) in [5, 5.41) is 11.3. The topological polar surface area (TPSA) is 66.8 Å². The number of rotatable bonds is 12. The third kappa shape index (κ3) is 7.29. The molecule has 29 heavy (non-hydrogen) atoms. The van der Waals surface area contributed by atoms with Crippen LogP contribution in [-0.4, -0.2) is 41.6 Å². The zero-order valence-electron chi connectivity index (χ0n) is 17.5. The Morgan fingerprint density at radius 2 is 1.86 bits per heavy atom. The van der Waals surface area contributed by atoms with E-state index in [4.69, 9.17) is 4.74 Å². The molecule has 2 aromatic rings. The van der Waals surface area contributed by atoms with Crippen molar-refractivity contribution in [2.24, 2.45) is 0 Å². The Morgan fingerprint density at radius 3 is 2.48 bits per heavy atom. The summed E-state index contributed by atoms with van der Waals surface area (Å²) >= 11 is 1.65. The maximum Gasteiger partial charge on any atom is 0.333 e. The van der Waals surface area contributed by atoms with Gasteiger partial charge in [-0.3, -0.25) is 4.79 Å². The predicted molar refractivity (Wildman–Crippen MR) is 117 cm³/mol. The van der Waals surface area contributed by atoms with Crippen molar-refractivity contribution in [2.75, 3.05) is 13.7 Å². The molecule has 0 saturated carbocycles. The second kappa shape index (κ2) is 11.7. The summed E-state index contributed by atoms with van der Waals surface area (Å²) in [6.45, 7) is 4.94. The highest BCUT2D eigenvalue weighted by atomic mass is 32.1. The SMILES string of the molecule is CCCCCC(=O)N(C)Cc1cc(-c2ccc(CC(OCC)C(=O)O)cc2)cs1. The summed E-state index contributed by atoms with van der Waals surface area (Å²) in [5.74, 6) is -0.744. The van der Waals surface area contributed by atoms with Crippen LogP contribution in [0.5, 0.6) is 0 Å². The van der Waals surface area contributed by atoms with Crippen LogP contribution in [-0.2, 0) is 27.3 Å². The summed E-state index contributed by atoms with van der Waals surface area (Å²) in [5.41, 5.74) is 3.13. The molecule has 0 aliphatic carbocycles. The molecule has 0 radical (unpaired) electrons. The van der Waals surface area contributed by atoms with Crippen molar-refractivity contribution in [1.82, 2.24) is 4.90 Å². The van der Waals surface area contributed by atoms with Gasteiger partial charge in [0.1, 0.15) is 0 Å². The van der Waals surface area contributed by atoms with Crippen LogP contribution in [0.3, 0.4) is 0 Å². The molecule has 0 spiro atoms. The van der Waals surface area contributed by atoms with E-state index in [2.05, 4.69) is 18.4 Å². The van der Waals surface area contributed by atoms with Gasteiger partial charge in [-0.25, -0.2) is 4.79 Å². The maximum absolute atomic E-state index is 12.2. The number of carboxylic acid groups (broad SMARTS) is 1. The molecular weight excluding hydrogens is 386 g/mol. The van der Waals surface area contributed by atoms with Crippen molar-refractivity contribution in [3.63, 3.8) is 0 Å². The number of amides is 1. The first-order valence-electron chi connectivity index (χ1n) is 10.2. The van der Waals surface area contributed by atoms with Gasteiger partial charge < -0.3 is 14.7 Å². The number of carbonyl (C=O) groups is 2. The number of hydrogen-bond acceptors (Lipinski definition) is 4. The van der Waals surface area contributed by atoms with E-state index in [-0.39, 0.29) is 5.91 Å². The van der Waals surface area contributed by atoms with Gasteiger partial charge in [0.15, 0.2) is 6.10 Å². The van der Waals surface area contributed by atoms with E-state index >= 15 is 0 Å². The summed E-state index contributed by atoms with van der Waals surface area (Å²) < 4.78 is 5.28. The number of carboxylic acids is 1. The molecule has 0 saturated heterocycles. The summed E-state index contributed by atoms with van der Waals surface area (Å²) in [4.78, 5) is 26.4. The minimum Gasteiger partial charge on any atom is -0.479 e. The average Bonchev–Trinajstić information content (AvgIpc) is 3.16. The Morgan fingerprint density at radius 1 is 1.14 bits per heavy atom. The molecule has 2 rings (SSSR count). The maximum atomic E-state index is 12.2. The third-order valence-corrected chi connectivity index (χ3v) is 5.74. The number of carbonyl (C=O) groups excluding carboxylic acids is 1. The smallest absolute Gasteiger partial charge is 0.333 e. The van der Waals surface area contributed by atoms with Gasteiger partial charge >= 0.3 is 5.97 Å². The zero-order valence-corrected chi connectivity index (χ0v) is 18.3. The summed E-state index contributed by atoms with van der Waals surface area (Å²) in [7, 11) is 1.86. The van der Waals surface area contributed by atoms with E-state index in [9.17, 15) is 14.7 Å². The molecule has 1 unspecified atom stereocenters. The van der Waals surface area contributed by atoms with Gasteiger partial charge in [0.25, 0.3) is 0 Å². The largest absolute Gasteiger partial charge is 0.479 e. The lowest BCUT2D eigenvalue weighted by atomic mass is 10.0. The molecule has 0 fully saturated rings. The number of hydrogen-bond donors (Lipinski definition) is 1. The summed E-state index contributed by atoms with van der Waals surface area (Å²) in [6.07, 6.45) is 3.31. The van der Waals surface area contributed by atoms with E-state index in [0.717, 1.165) is 40.8 Å². The number of nitrogens with zero attached hydrogens (tertiary/aromatic N) is 1. The first-order chi connectivity index (χ1) is 13.9. The molecule has 1 atom stereocenters. The molecule has 0 aliphatic heterocycles. The van der Waals surface area contributed by atoms with Crippen LogP contribution in [0.25, 0.3) is 11.1 Å². The molecule has 6 heteroatoms. The third-order valence-electron chi connectivity index (χ3n) is 4.82. The lowest BCUT2D eigenvalue weighted by Crippen LogP contribution is -2.26. The molecule has 1 aromatic carbocycles. The van der Waals surface area contributed by atoms with Crippen LogP contribution >= 0.6 is 11.3 Å². The Kier molecular flexibility index (Phi) is 9.35. The highest BCUT2D eigenvalue weighted by Crippen LogP contribution is 2.27. The van der Waals surface area contributed by atoms with Gasteiger partial charge in [-0.15, -0.1) is 11.3 Å². The molecule has 0 bridgehead atoms. The molecule has 5 nitrogen and oxygen atoms in total. The lowest BCUT2D eigenvalue weighted by molar-refractivity contribution is -0.150. The standard InChI is InChI=1S/C23H31NO4S/c1-4-6-7-8-22(25)24(3)15-20-14-19(16-29-20)18-11-9-17(10-12-18)13-21(23(26)27)28-5-2/h9-12,14,16,21H,4-8,13,15H2,1-3H3,(H,26,27). The normalized spacial score (nSPS) is 12.0. The van der Waals surface area contributed by atoms with Gasteiger partial charge in [0.2, 0.25) is 5.91 Å². The van der Waals surface area contributed by atoms with Crippen LogP contribution in [0.1, 0.15) is 50.0 Å². The number of ether oxygens (including phenoxy) is 1.